The summed E-state index contributed by atoms with van der Waals surface area (Å²) in [6.07, 6.45) is 3.42. The maximum atomic E-state index is 12.4. The highest BCUT2D eigenvalue weighted by molar-refractivity contribution is 5.92. The van der Waals surface area contributed by atoms with Gasteiger partial charge in [-0.1, -0.05) is 6.07 Å². The van der Waals surface area contributed by atoms with Crippen LogP contribution in [0.1, 0.15) is 29.8 Å². The van der Waals surface area contributed by atoms with Gasteiger partial charge in [0.1, 0.15) is 5.69 Å². The number of hydrogen-bond acceptors (Lipinski definition) is 3. The van der Waals surface area contributed by atoms with Crippen LogP contribution in [0.15, 0.2) is 24.4 Å². The number of likely N-dealkylation sites (tertiary alicyclic amines) is 2. The van der Waals surface area contributed by atoms with Gasteiger partial charge in [0, 0.05) is 32.4 Å². The molecular weight excluding hydrogens is 270 g/mol. The van der Waals surface area contributed by atoms with Gasteiger partial charge in [-0.3, -0.25) is 9.78 Å². The van der Waals surface area contributed by atoms with Crippen molar-refractivity contribution in [2.75, 3.05) is 26.2 Å². The van der Waals surface area contributed by atoms with E-state index in [1.807, 2.05) is 11.0 Å². The summed E-state index contributed by atoms with van der Waals surface area (Å²) in [6.45, 7) is 2.60. The maximum Gasteiger partial charge on any atom is 0.407 e. The third kappa shape index (κ3) is 2.70. The predicted molar refractivity (Wildman–Crippen MR) is 76.0 cm³/mol. The second-order valence-electron chi connectivity index (χ2n) is 5.96. The largest absolute Gasteiger partial charge is 0.465 e. The molecule has 2 aliphatic rings. The molecule has 2 amide bonds. The summed E-state index contributed by atoms with van der Waals surface area (Å²) in [4.78, 5) is 30.8. The molecule has 0 bridgehead atoms. The Morgan fingerprint density at radius 2 is 1.76 bits per heavy atom. The summed E-state index contributed by atoms with van der Waals surface area (Å²) < 4.78 is 0. The van der Waals surface area contributed by atoms with E-state index in [4.69, 9.17) is 5.11 Å². The van der Waals surface area contributed by atoms with Crippen molar-refractivity contribution in [3.8, 4) is 0 Å². The zero-order valence-corrected chi connectivity index (χ0v) is 11.9. The van der Waals surface area contributed by atoms with Gasteiger partial charge in [-0.05, 0) is 36.8 Å². The summed E-state index contributed by atoms with van der Waals surface area (Å²) in [5.74, 6) is -0.0202. The van der Waals surface area contributed by atoms with Crippen LogP contribution in [0, 0.1) is 5.41 Å². The van der Waals surface area contributed by atoms with Gasteiger partial charge in [0.2, 0.25) is 0 Å². The zero-order chi connectivity index (χ0) is 14.9. The molecule has 6 nitrogen and oxygen atoms in total. The Kier molecular flexibility index (Phi) is 3.53. The minimum atomic E-state index is -0.843. The number of carbonyl (C=O) groups excluding carboxylic acids is 1. The minimum Gasteiger partial charge on any atom is -0.465 e. The Morgan fingerprint density at radius 3 is 2.33 bits per heavy atom. The second kappa shape index (κ2) is 5.35. The van der Waals surface area contributed by atoms with Gasteiger partial charge < -0.3 is 14.9 Å². The van der Waals surface area contributed by atoms with Crippen LogP contribution >= 0.6 is 0 Å². The van der Waals surface area contributed by atoms with Gasteiger partial charge >= 0.3 is 6.09 Å². The SMILES string of the molecule is O=C(O)N1CCC2(CC1)CCN(C(=O)c1ccccn1)C2. The number of amides is 2. The van der Waals surface area contributed by atoms with E-state index in [9.17, 15) is 9.59 Å². The first-order valence-corrected chi connectivity index (χ1v) is 7.28. The molecule has 1 N–H and O–H groups in total. The lowest BCUT2D eigenvalue weighted by molar-refractivity contribution is 0.0702. The van der Waals surface area contributed by atoms with Crippen molar-refractivity contribution in [1.29, 1.82) is 0 Å². The molecule has 2 aliphatic heterocycles. The fraction of sp³-hybridized carbons (Fsp3) is 0.533. The van der Waals surface area contributed by atoms with Crippen LogP contribution < -0.4 is 0 Å². The molecule has 0 unspecified atom stereocenters. The third-order valence-electron chi connectivity index (χ3n) is 4.70. The highest BCUT2D eigenvalue weighted by atomic mass is 16.4. The van der Waals surface area contributed by atoms with Crippen LogP contribution in [0.2, 0.25) is 0 Å². The van der Waals surface area contributed by atoms with Crippen molar-refractivity contribution in [2.24, 2.45) is 5.41 Å². The van der Waals surface area contributed by atoms with Gasteiger partial charge in [0.15, 0.2) is 0 Å². The molecule has 0 atom stereocenters. The van der Waals surface area contributed by atoms with E-state index in [0.29, 0.717) is 18.8 Å². The van der Waals surface area contributed by atoms with Crippen LogP contribution in [-0.2, 0) is 0 Å². The van der Waals surface area contributed by atoms with E-state index in [1.165, 1.54) is 4.90 Å². The molecule has 0 aliphatic carbocycles. The Bertz CT molecular complexity index is 538. The number of aromatic nitrogens is 1. The molecule has 3 rings (SSSR count). The molecule has 112 valence electrons. The van der Waals surface area contributed by atoms with Crippen LogP contribution in [0.25, 0.3) is 0 Å². The lowest BCUT2D eigenvalue weighted by atomic mass is 9.78. The number of piperidine rings is 1. The number of carbonyl (C=O) groups is 2. The van der Waals surface area contributed by atoms with Gasteiger partial charge in [0.05, 0.1) is 0 Å². The van der Waals surface area contributed by atoms with Gasteiger partial charge in [-0.2, -0.15) is 0 Å². The van der Waals surface area contributed by atoms with E-state index < -0.39 is 6.09 Å². The van der Waals surface area contributed by atoms with E-state index in [0.717, 1.165) is 32.4 Å². The number of nitrogens with zero attached hydrogens (tertiary/aromatic N) is 3. The van der Waals surface area contributed by atoms with Crippen molar-refractivity contribution in [1.82, 2.24) is 14.8 Å². The molecule has 1 aromatic heterocycles. The number of hydrogen-bond donors (Lipinski definition) is 1. The van der Waals surface area contributed by atoms with E-state index in [1.54, 1.807) is 18.3 Å². The summed E-state index contributed by atoms with van der Waals surface area (Å²) in [5.41, 5.74) is 0.577. The Hall–Kier alpha value is -2.11. The predicted octanol–water partition coefficient (Wildman–Crippen LogP) is 1.69. The minimum absolute atomic E-state index is 0.0202. The molecule has 21 heavy (non-hydrogen) atoms. The number of rotatable bonds is 1. The molecule has 1 spiro atoms. The second-order valence-corrected chi connectivity index (χ2v) is 5.96. The van der Waals surface area contributed by atoms with Crippen LogP contribution in [0.5, 0.6) is 0 Å². The van der Waals surface area contributed by atoms with E-state index >= 15 is 0 Å². The van der Waals surface area contributed by atoms with Crippen molar-refractivity contribution in [2.45, 2.75) is 19.3 Å². The highest BCUT2D eigenvalue weighted by Crippen LogP contribution is 2.40. The van der Waals surface area contributed by atoms with Crippen LogP contribution in [0.3, 0.4) is 0 Å². The number of carboxylic acid groups (broad SMARTS) is 1. The van der Waals surface area contributed by atoms with Crippen molar-refractivity contribution in [3.05, 3.63) is 30.1 Å². The first-order chi connectivity index (χ1) is 10.1. The van der Waals surface area contributed by atoms with E-state index in [2.05, 4.69) is 4.98 Å². The van der Waals surface area contributed by atoms with Crippen LogP contribution in [0.4, 0.5) is 4.79 Å². The standard InChI is InChI=1S/C15H19N3O3/c19-13(12-3-1-2-7-16-12)18-10-6-15(11-18)4-8-17(9-5-15)14(20)21/h1-3,7H,4-6,8-11H2,(H,20,21). The molecule has 6 heteroatoms. The molecule has 0 saturated carbocycles. The first-order valence-electron chi connectivity index (χ1n) is 7.28. The maximum absolute atomic E-state index is 12.4. The third-order valence-corrected chi connectivity index (χ3v) is 4.70. The van der Waals surface area contributed by atoms with Crippen LogP contribution in [-0.4, -0.2) is 58.1 Å². The lowest BCUT2D eigenvalue weighted by Gasteiger charge is -2.37. The van der Waals surface area contributed by atoms with Crippen molar-refractivity contribution < 1.29 is 14.7 Å². The summed E-state index contributed by atoms with van der Waals surface area (Å²) in [7, 11) is 0. The Morgan fingerprint density at radius 1 is 1.10 bits per heavy atom. The summed E-state index contributed by atoms with van der Waals surface area (Å²) in [6, 6.07) is 5.35. The fourth-order valence-corrected chi connectivity index (χ4v) is 3.34. The normalized spacial score (nSPS) is 20.8. The topological polar surface area (TPSA) is 73.7 Å². The average Bonchev–Trinajstić information content (AvgIpc) is 2.92. The molecule has 0 aromatic carbocycles. The average molecular weight is 289 g/mol. The summed E-state index contributed by atoms with van der Waals surface area (Å²) in [5, 5.41) is 9.01. The summed E-state index contributed by atoms with van der Waals surface area (Å²) >= 11 is 0. The van der Waals surface area contributed by atoms with Gasteiger partial charge in [-0.15, -0.1) is 0 Å². The Labute approximate surface area is 123 Å². The lowest BCUT2D eigenvalue weighted by Crippen LogP contribution is -2.44. The van der Waals surface area contributed by atoms with E-state index in [-0.39, 0.29) is 11.3 Å². The smallest absolute Gasteiger partial charge is 0.407 e. The molecule has 2 saturated heterocycles. The van der Waals surface area contributed by atoms with Crippen molar-refractivity contribution >= 4 is 12.0 Å². The Balaban J connectivity index is 1.64. The highest BCUT2D eigenvalue weighted by Gasteiger charge is 2.43. The molecule has 1 aromatic rings. The van der Waals surface area contributed by atoms with Gasteiger partial charge in [-0.25, -0.2) is 4.79 Å². The zero-order valence-electron chi connectivity index (χ0n) is 11.9. The number of pyridine rings is 1. The monoisotopic (exact) mass is 289 g/mol. The van der Waals surface area contributed by atoms with Gasteiger partial charge in [0.25, 0.3) is 5.91 Å². The van der Waals surface area contributed by atoms with Crippen molar-refractivity contribution in [3.63, 3.8) is 0 Å². The quantitative estimate of drug-likeness (QED) is 0.853. The fourth-order valence-electron chi connectivity index (χ4n) is 3.34. The molecule has 2 fully saturated rings. The molecule has 3 heterocycles. The molecular formula is C15H19N3O3. The molecule has 0 radical (unpaired) electrons. The first kappa shape index (κ1) is 13.9.